The standard InChI is InChI=1S/C15H19N3O2S/c1-10(13(9-19)21-2)17-15(20)12-8-16-18-14(12)11-6-4-3-5-7-11/h3-8,10,13,19H,9H2,1-2H3,(H,16,18)(H,17,20). The summed E-state index contributed by atoms with van der Waals surface area (Å²) in [5, 5.41) is 19.0. The molecule has 1 aromatic heterocycles. The van der Waals surface area contributed by atoms with Crippen LogP contribution in [-0.4, -0.2) is 45.4 Å². The second-order valence-electron chi connectivity index (χ2n) is 4.74. The highest BCUT2D eigenvalue weighted by Crippen LogP contribution is 2.21. The fourth-order valence-corrected chi connectivity index (χ4v) is 2.72. The predicted molar refractivity (Wildman–Crippen MR) is 85.3 cm³/mol. The molecule has 21 heavy (non-hydrogen) atoms. The van der Waals surface area contributed by atoms with Crippen LogP contribution in [0.4, 0.5) is 0 Å². The van der Waals surface area contributed by atoms with E-state index in [1.165, 1.54) is 18.0 Å². The Morgan fingerprint density at radius 3 is 2.76 bits per heavy atom. The van der Waals surface area contributed by atoms with Crippen LogP contribution in [0.1, 0.15) is 17.3 Å². The van der Waals surface area contributed by atoms with Crippen LogP contribution in [0, 0.1) is 0 Å². The van der Waals surface area contributed by atoms with Gasteiger partial charge in [-0.1, -0.05) is 30.3 Å². The third kappa shape index (κ3) is 3.65. The van der Waals surface area contributed by atoms with Gasteiger partial charge in [0.1, 0.15) is 0 Å². The van der Waals surface area contributed by atoms with E-state index < -0.39 is 0 Å². The first kappa shape index (κ1) is 15.6. The van der Waals surface area contributed by atoms with E-state index in [-0.39, 0.29) is 23.8 Å². The smallest absolute Gasteiger partial charge is 0.255 e. The highest BCUT2D eigenvalue weighted by atomic mass is 32.2. The Labute approximate surface area is 128 Å². The average molecular weight is 305 g/mol. The van der Waals surface area contributed by atoms with E-state index in [1.54, 1.807) is 0 Å². The minimum absolute atomic E-state index is 0.0268. The largest absolute Gasteiger partial charge is 0.395 e. The third-order valence-electron chi connectivity index (χ3n) is 3.35. The van der Waals surface area contributed by atoms with Crippen LogP contribution in [0.5, 0.6) is 0 Å². The number of aliphatic hydroxyl groups excluding tert-OH is 1. The lowest BCUT2D eigenvalue weighted by Crippen LogP contribution is -2.41. The number of H-pyrrole nitrogens is 1. The molecule has 2 aromatic rings. The number of amides is 1. The van der Waals surface area contributed by atoms with Crippen molar-refractivity contribution in [2.75, 3.05) is 12.9 Å². The molecule has 112 valence electrons. The van der Waals surface area contributed by atoms with Crippen LogP contribution in [0.2, 0.25) is 0 Å². The first-order valence-corrected chi connectivity index (χ1v) is 7.99. The summed E-state index contributed by atoms with van der Waals surface area (Å²) in [4.78, 5) is 12.4. The van der Waals surface area contributed by atoms with E-state index in [4.69, 9.17) is 0 Å². The van der Waals surface area contributed by atoms with Gasteiger partial charge in [-0.2, -0.15) is 16.9 Å². The molecule has 0 bridgehead atoms. The van der Waals surface area contributed by atoms with Crippen LogP contribution < -0.4 is 5.32 Å². The number of benzene rings is 1. The fraction of sp³-hybridized carbons (Fsp3) is 0.333. The summed E-state index contributed by atoms with van der Waals surface area (Å²) in [5.41, 5.74) is 2.12. The van der Waals surface area contributed by atoms with Crippen molar-refractivity contribution in [1.82, 2.24) is 15.5 Å². The second kappa shape index (κ2) is 7.28. The summed E-state index contributed by atoms with van der Waals surface area (Å²) in [7, 11) is 0. The van der Waals surface area contributed by atoms with E-state index in [1.807, 2.05) is 43.5 Å². The number of hydrogen-bond donors (Lipinski definition) is 3. The van der Waals surface area contributed by atoms with Gasteiger partial charge in [0.05, 0.1) is 24.1 Å². The highest BCUT2D eigenvalue weighted by Gasteiger charge is 2.21. The Hall–Kier alpha value is -1.79. The zero-order valence-corrected chi connectivity index (χ0v) is 12.9. The fourth-order valence-electron chi connectivity index (χ4n) is 2.10. The van der Waals surface area contributed by atoms with Gasteiger partial charge in [0.15, 0.2) is 0 Å². The molecule has 2 unspecified atom stereocenters. The number of nitrogens with zero attached hydrogens (tertiary/aromatic N) is 1. The predicted octanol–water partition coefficient (Wildman–Crippen LogP) is 1.92. The highest BCUT2D eigenvalue weighted by molar-refractivity contribution is 7.99. The van der Waals surface area contributed by atoms with Crippen LogP contribution in [0.3, 0.4) is 0 Å². The molecule has 0 spiro atoms. The summed E-state index contributed by atoms with van der Waals surface area (Å²) < 4.78 is 0. The van der Waals surface area contributed by atoms with Gasteiger partial charge in [-0.05, 0) is 13.2 Å². The molecule has 0 saturated carbocycles. The SMILES string of the molecule is CSC(CO)C(C)NC(=O)c1cn[nH]c1-c1ccccc1. The second-order valence-corrected chi connectivity index (χ2v) is 5.82. The maximum atomic E-state index is 12.4. The van der Waals surface area contributed by atoms with Crippen molar-refractivity contribution in [1.29, 1.82) is 0 Å². The molecule has 3 N–H and O–H groups in total. The minimum Gasteiger partial charge on any atom is -0.395 e. The summed E-state index contributed by atoms with van der Waals surface area (Å²) in [5.74, 6) is -0.192. The molecule has 0 aliphatic carbocycles. The number of hydrogen-bond acceptors (Lipinski definition) is 4. The number of aromatic amines is 1. The van der Waals surface area contributed by atoms with E-state index >= 15 is 0 Å². The number of nitrogens with one attached hydrogen (secondary N) is 2. The Kier molecular flexibility index (Phi) is 5.41. The van der Waals surface area contributed by atoms with Crippen molar-refractivity contribution >= 4 is 17.7 Å². The molecular formula is C15H19N3O2S. The number of aromatic nitrogens is 2. The van der Waals surface area contributed by atoms with E-state index in [0.717, 1.165) is 5.56 Å². The van der Waals surface area contributed by atoms with Gasteiger partial charge < -0.3 is 10.4 Å². The van der Waals surface area contributed by atoms with Gasteiger partial charge in [0.2, 0.25) is 0 Å². The molecule has 0 radical (unpaired) electrons. The van der Waals surface area contributed by atoms with Crippen LogP contribution in [-0.2, 0) is 0 Å². The lowest BCUT2D eigenvalue weighted by atomic mass is 10.1. The van der Waals surface area contributed by atoms with Crippen molar-refractivity contribution in [3.63, 3.8) is 0 Å². The molecular weight excluding hydrogens is 286 g/mol. The van der Waals surface area contributed by atoms with E-state index in [2.05, 4.69) is 15.5 Å². The first-order chi connectivity index (χ1) is 10.2. The van der Waals surface area contributed by atoms with Gasteiger partial charge in [-0.15, -0.1) is 0 Å². The van der Waals surface area contributed by atoms with Crippen LogP contribution >= 0.6 is 11.8 Å². The summed E-state index contributed by atoms with van der Waals surface area (Å²) in [6.45, 7) is 1.91. The van der Waals surface area contributed by atoms with Crippen molar-refractivity contribution < 1.29 is 9.90 Å². The van der Waals surface area contributed by atoms with E-state index in [9.17, 15) is 9.90 Å². The van der Waals surface area contributed by atoms with Gasteiger partial charge in [-0.3, -0.25) is 9.89 Å². The topological polar surface area (TPSA) is 78.0 Å². The molecule has 5 nitrogen and oxygen atoms in total. The Morgan fingerprint density at radius 1 is 1.43 bits per heavy atom. The summed E-state index contributed by atoms with van der Waals surface area (Å²) in [6, 6.07) is 9.46. The number of rotatable bonds is 6. The normalized spacial score (nSPS) is 13.7. The summed E-state index contributed by atoms with van der Waals surface area (Å²) in [6.07, 6.45) is 3.44. The number of carbonyl (C=O) groups excluding carboxylic acids is 1. The molecule has 6 heteroatoms. The zero-order valence-electron chi connectivity index (χ0n) is 12.0. The van der Waals surface area contributed by atoms with Crippen molar-refractivity contribution in [3.05, 3.63) is 42.1 Å². The Bertz CT molecular complexity index is 582. The van der Waals surface area contributed by atoms with Crippen molar-refractivity contribution in [2.24, 2.45) is 0 Å². The lowest BCUT2D eigenvalue weighted by molar-refractivity contribution is 0.0936. The molecule has 0 aliphatic rings. The molecule has 0 fully saturated rings. The lowest BCUT2D eigenvalue weighted by Gasteiger charge is -2.21. The number of carbonyl (C=O) groups is 1. The number of aliphatic hydroxyl groups is 1. The van der Waals surface area contributed by atoms with Gasteiger partial charge in [0, 0.05) is 16.9 Å². The molecule has 1 heterocycles. The third-order valence-corrected chi connectivity index (χ3v) is 4.51. The monoisotopic (exact) mass is 305 g/mol. The minimum atomic E-state index is -0.192. The number of thioether (sulfide) groups is 1. The quantitative estimate of drug-likeness (QED) is 0.762. The maximum absolute atomic E-state index is 12.4. The molecule has 0 aliphatic heterocycles. The van der Waals surface area contributed by atoms with Crippen molar-refractivity contribution in [2.45, 2.75) is 18.2 Å². The van der Waals surface area contributed by atoms with Gasteiger partial charge >= 0.3 is 0 Å². The summed E-state index contributed by atoms with van der Waals surface area (Å²) >= 11 is 1.53. The molecule has 2 rings (SSSR count). The van der Waals surface area contributed by atoms with Crippen LogP contribution in [0.15, 0.2) is 36.5 Å². The average Bonchev–Trinajstić information content (AvgIpc) is 2.99. The van der Waals surface area contributed by atoms with Crippen molar-refractivity contribution in [3.8, 4) is 11.3 Å². The van der Waals surface area contributed by atoms with Crippen LogP contribution in [0.25, 0.3) is 11.3 Å². The maximum Gasteiger partial charge on any atom is 0.255 e. The molecule has 1 amide bonds. The molecule has 0 saturated heterocycles. The Balaban J connectivity index is 2.16. The van der Waals surface area contributed by atoms with Gasteiger partial charge in [0.25, 0.3) is 5.91 Å². The Morgan fingerprint density at radius 2 is 2.14 bits per heavy atom. The zero-order chi connectivity index (χ0) is 15.2. The van der Waals surface area contributed by atoms with Gasteiger partial charge in [-0.25, -0.2) is 0 Å². The van der Waals surface area contributed by atoms with E-state index in [0.29, 0.717) is 11.3 Å². The first-order valence-electron chi connectivity index (χ1n) is 6.70. The molecule has 2 atom stereocenters. The molecule has 1 aromatic carbocycles.